The van der Waals surface area contributed by atoms with Crippen molar-refractivity contribution in [2.24, 2.45) is 0 Å². The number of ether oxygens (including phenoxy) is 1. The quantitative estimate of drug-likeness (QED) is 0.422. The van der Waals surface area contributed by atoms with Crippen LogP contribution < -0.4 is 0 Å². The maximum absolute atomic E-state index is 13.4. The summed E-state index contributed by atoms with van der Waals surface area (Å²) in [5.41, 5.74) is 2.08. The molecule has 6 nitrogen and oxygen atoms in total. The molecule has 33 heavy (non-hydrogen) atoms. The number of methoxy groups -OCH3 is 1. The minimum atomic E-state index is -0.113. The Bertz CT molecular complexity index is 1000. The number of carbonyl (C=O) groups is 2. The number of rotatable bonds is 12. The van der Waals surface area contributed by atoms with Gasteiger partial charge in [-0.3, -0.25) is 9.59 Å². The number of carbonyl (C=O) groups excluding carboxylic acids is 2. The van der Waals surface area contributed by atoms with E-state index in [-0.39, 0.29) is 24.8 Å². The van der Waals surface area contributed by atoms with Crippen molar-refractivity contribution < 1.29 is 18.7 Å². The highest BCUT2D eigenvalue weighted by molar-refractivity contribution is 5.86. The minimum Gasteiger partial charge on any atom is -0.464 e. The smallest absolute Gasteiger partial charge is 0.242 e. The van der Waals surface area contributed by atoms with Gasteiger partial charge in [0, 0.05) is 20.2 Å². The van der Waals surface area contributed by atoms with E-state index in [1.165, 1.54) is 0 Å². The van der Waals surface area contributed by atoms with Crippen LogP contribution in [-0.2, 0) is 33.7 Å². The summed E-state index contributed by atoms with van der Waals surface area (Å²) in [6, 6.07) is 23.4. The Kier molecular flexibility index (Phi) is 9.27. The van der Waals surface area contributed by atoms with Crippen LogP contribution in [0, 0.1) is 6.92 Å². The third kappa shape index (κ3) is 7.91. The number of hydrogen-bond donors (Lipinski definition) is 0. The first-order valence-corrected chi connectivity index (χ1v) is 11.2. The van der Waals surface area contributed by atoms with Crippen LogP contribution in [0.25, 0.3) is 0 Å². The molecule has 0 N–H and O–H groups in total. The number of furan rings is 1. The summed E-state index contributed by atoms with van der Waals surface area (Å²) in [7, 11) is 1.59. The van der Waals surface area contributed by atoms with E-state index in [0.717, 1.165) is 29.1 Å². The lowest BCUT2D eigenvalue weighted by atomic mass is 10.1. The van der Waals surface area contributed by atoms with Gasteiger partial charge in [0.05, 0.1) is 26.1 Å². The van der Waals surface area contributed by atoms with Gasteiger partial charge in [-0.25, -0.2) is 0 Å². The molecule has 0 radical (unpaired) electrons. The van der Waals surface area contributed by atoms with Crippen molar-refractivity contribution >= 4 is 11.8 Å². The Morgan fingerprint density at radius 1 is 0.818 bits per heavy atom. The van der Waals surface area contributed by atoms with Crippen LogP contribution in [0.5, 0.6) is 0 Å². The molecule has 0 aliphatic carbocycles. The lowest BCUT2D eigenvalue weighted by molar-refractivity contribution is -0.141. The van der Waals surface area contributed by atoms with Crippen molar-refractivity contribution in [1.29, 1.82) is 0 Å². The molecule has 3 aromatic rings. The molecule has 0 atom stereocenters. The van der Waals surface area contributed by atoms with Crippen molar-refractivity contribution in [3.8, 4) is 0 Å². The van der Waals surface area contributed by atoms with Crippen LogP contribution in [-0.4, -0.2) is 55.0 Å². The first-order chi connectivity index (χ1) is 16.0. The number of benzene rings is 2. The van der Waals surface area contributed by atoms with Gasteiger partial charge in [0.2, 0.25) is 11.8 Å². The first kappa shape index (κ1) is 24.3. The van der Waals surface area contributed by atoms with E-state index in [2.05, 4.69) is 0 Å². The largest absolute Gasteiger partial charge is 0.464 e. The second-order valence-electron chi connectivity index (χ2n) is 8.03. The molecule has 0 saturated heterocycles. The summed E-state index contributed by atoms with van der Waals surface area (Å²) in [4.78, 5) is 29.7. The number of amides is 2. The maximum Gasteiger partial charge on any atom is 0.242 e. The Hall–Kier alpha value is -3.38. The van der Waals surface area contributed by atoms with E-state index < -0.39 is 0 Å². The van der Waals surface area contributed by atoms with Crippen LogP contribution in [0.2, 0.25) is 0 Å². The van der Waals surface area contributed by atoms with Gasteiger partial charge in [0.15, 0.2) is 0 Å². The molecular weight excluding hydrogens is 416 g/mol. The average Bonchev–Trinajstić information content (AvgIpc) is 3.25. The highest BCUT2D eigenvalue weighted by atomic mass is 16.5. The van der Waals surface area contributed by atoms with Crippen molar-refractivity contribution in [2.45, 2.75) is 26.3 Å². The highest BCUT2D eigenvalue weighted by Gasteiger charge is 2.22. The summed E-state index contributed by atoms with van der Waals surface area (Å²) in [5, 5.41) is 0. The molecule has 174 valence electrons. The highest BCUT2D eigenvalue weighted by Crippen LogP contribution is 2.12. The van der Waals surface area contributed by atoms with Crippen LogP contribution in [0.1, 0.15) is 22.6 Å². The Labute approximate surface area is 195 Å². The van der Waals surface area contributed by atoms with Crippen molar-refractivity contribution in [2.75, 3.05) is 33.4 Å². The van der Waals surface area contributed by atoms with Crippen LogP contribution in [0.4, 0.5) is 0 Å². The first-order valence-electron chi connectivity index (χ1n) is 11.2. The molecule has 0 unspecified atom stereocenters. The lowest BCUT2D eigenvalue weighted by Gasteiger charge is -2.27. The van der Waals surface area contributed by atoms with Crippen LogP contribution in [0.15, 0.2) is 77.2 Å². The summed E-state index contributed by atoms with van der Waals surface area (Å²) >= 11 is 0. The normalized spacial score (nSPS) is 10.7. The van der Waals surface area contributed by atoms with Crippen molar-refractivity contribution in [3.63, 3.8) is 0 Å². The topological polar surface area (TPSA) is 63.0 Å². The molecule has 0 aliphatic rings. The SMILES string of the molecule is COCCN(CC(=O)N(CCc1ccccc1)Cc1ccc(C)o1)C(=O)Cc1ccccc1. The van der Waals surface area contributed by atoms with Gasteiger partial charge in [-0.2, -0.15) is 0 Å². The molecule has 1 heterocycles. The zero-order valence-corrected chi connectivity index (χ0v) is 19.4. The van der Waals surface area contributed by atoms with E-state index in [4.69, 9.17) is 9.15 Å². The van der Waals surface area contributed by atoms with E-state index in [0.29, 0.717) is 26.2 Å². The summed E-state index contributed by atoms with van der Waals surface area (Å²) in [6.07, 6.45) is 0.974. The molecular formula is C27H32N2O4. The van der Waals surface area contributed by atoms with Gasteiger partial charge in [-0.1, -0.05) is 60.7 Å². The zero-order valence-electron chi connectivity index (χ0n) is 19.4. The molecule has 3 rings (SSSR count). The Morgan fingerprint density at radius 3 is 2.09 bits per heavy atom. The predicted molar refractivity (Wildman–Crippen MR) is 128 cm³/mol. The van der Waals surface area contributed by atoms with Crippen LogP contribution >= 0.6 is 0 Å². The molecule has 6 heteroatoms. The number of nitrogens with zero attached hydrogens (tertiary/aromatic N) is 2. The minimum absolute atomic E-state index is 0.00348. The molecule has 0 saturated carbocycles. The standard InChI is InChI=1S/C27H32N2O4/c1-22-13-14-25(33-22)20-28(16-15-23-9-5-3-6-10-23)27(31)21-29(17-18-32-2)26(30)19-24-11-7-4-8-12-24/h3-14H,15-21H2,1-2H3. The maximum atomic E-state index is 13.4. The average molecular weight is 449 g/mol. The van der Waals surface area contributed by atoms with Gasteiger partial charge >= 0.3 is 0 Å². The third-order valence-corrected chi connectivity index (χ3v) is 5.45. The number of hydrogen-bond acceptors (Lipinski definition) is 4. The monoisotopic (exact) mass is 448 g/mol. The molecule has 0 fully saturated rings. The third-order valence-electron chi connectivity index (χ3n) is 5.45. The fourth-order valence-corrected chi connectivity index (χ4v) is 3.60. The van der Waals surface area contributed by atoms with Gasteiger partial charge in [0.1, 0.15) is 11.5 Å². The van der Waals surface area contributed by atoms with E-state index in [9.17, 15) is 9.59 Å². The number of aryl methyl sites for hydroxylation is 1. The van der Waals surface area contributed by atoms with E-state index in [1.807, 2.05) is 79.7 Å². The Morgan fingerprint density at radius 2 is 1.48 bits per heavy atom. The van der Waals surface area contributed by atoms with Gasteiger partial charge in [0.25, 0.3) is 0 Å². The fraction of sp³-hybridized carbons (Fsp3) is 0.333. The second kappa shape index (κ2) is 12.6. The van der Waals surface area contributed by atoms with Gasteiger partial charge in [-0.05, 0) is 36.6 Å². The molecule has 0 spiro atoms. The van der Waals surface area contributed by atoms with Gasteiger partial charge in [-0.15, -0.1) is 0 Å². The van der Waals surface area contributed by atoms with E-state index >= 15 is 0 Å². The molecule has 2 amide bonds. The second-order valence-corrected chi connectivity index (χ2v) is 8.03. The van der Waals surface area contributed by atoms with E-state index in [1.54, 1.807) is 16.9 Å². The van der Waals surface area contributed by atoms with Gasteiger partial charge < -0.3 is 19.0 Å². The summed E-state index contributed by atoms with van der Waals surface area (Å²) in [5.74, 6) is 1.33. The summed E-state index contributed by atoms with van der Waals surface area (Å²) < 4.78 is 10.9. The lowest BCUT2D eigenvalue weighted by Crippen LogP contribution is -2.45. The Balaban J connectivity index is 1.70. The zero-order chi connectivity index (χ0) is 23.5. The van der Waals surface area contributed by atoms with Crippen molar-refractivity contribution in [3.05, 3.63) is 95.4 Å². The molecule has 0 bridgehead atoms. The predicted octanol–water partition coefficient (Wildman–Crippen LogP) is 3.88. The summed E-state index contributed by atoms with van der Waals surface area (Å²) in [6.45, 7) is 3.52. The molecule has 2 aromatic carbocycles. The fourth-order valence-electron chi connectivity index (χ4n) is 3.60. The van der Waals surface area contributed by atoms with Crippen LogP contribution in [0.3, 0.4) is 0 Å². The molecule has 0 aliphatic heterocycles. The van der Waals surface area contributed by atoms with Crippen molar-refractivity contribution in [1.82, 2.24) is 9.80 Å². The molecule has 1 aromatic heterocycles.